The molecule has 1 fully saturated rings. The summed E-state index contributed by atoms with van der Waals surface area (Å²) in [6.07, 6.45) is 0. The number of fused-ring (bicyclic) bond motifs is 6. The lowest BCUT2D eigenvalue weighted by atomic mass is 9.55. The van der Waals surface area contributed by atoms with Crippen LogP contribution >= 0.6 is 0 Å². The number of carbonyl (C=O) groups is 1. The molecule has 4 unspecified atom stereocenters. The summed E-state index contributed by atoms with van der Waals surface area (Å²) >= 11 is 0. The van der Waals surface area contributed by atoms with Crippen molar-refractivity contribution in [2.75, 3.05) is 0 Å². The molecule has 0 spiro atoms. The number of allylic oxidation sites excluding steroid dienone is 4. The van der Waals surface area contributed by atoms with Gasteiger partial charge in [0.1, 0.15) is 0 Å². The minimum absolute atomic E-state index is 0.101. The SMILES string of the molecule is Cc1cc2c3c(c1)C(c1ccccc1)C1=C4C(C(=O)C5C(=C(c6ccccc65)C2c2ccccc2)C43)c2ccccc21. The van der Waals surface area contributed by atoms with E-state index in [1.807, 2.05) is 0 Å². The molecule has 0 aromatic heterocycles. The monoisotopic (exact) mass is 536 g/mol. The van der Waals surface area contributed by atoms with Gasteiger partial charge in [0.05, 0.1) is 11.8 Å². The molecule has 0 heterocycles. The summed E-state index contributed by atoms with van der Waals surface area (Å²) in [5.41, 5.74) is 18.6. The van der Waals surface area contributed by atoms with E-state index >= 15 is 0 Å². The van der Waals surface area contributed by atoms with Crippen molar-refractivity contribution in [3.8, 4) is 0 Å². The maximum atomic E-state index is 15.0. The van der Waals surface area contributed by atoms with Gasteiger partial charge in [-0.25, -0.2) is 0 Å². The number of hydrogen-bond acceptors (Lipinski definition) is 1. The first kappa shape index (κ1) is 22.9. The van der Waals surface area contributed by atoms with Gasteiger partial charge >= 0.3 is 0 Å². The van der Waals surface area contributed by atoms with E-state index in [-0.39, 0.29) is 29.6 Å². The Balaban J connectivity index is 1.40. The molecule has 4 atom stereocenters. The number of rotatable bonds is 2. The molecule has 42 heavy (non-hydrogen) atoms. The average Bonchev–Trinajstić information content (AvgIpc) is 3.56. The van der Waals surface area contributed by atoms with Gasteiger partial charge in [-0.3, -0.25) is 4.79 Å². The van der Waals surface area contributed by atoms with Gasteiger partial charge < -0.3 is 0 Å². The smallest absolute Gasteiger partial charge is 0.156 e. The summed E-state index contributed by atoms with van der Waals surface area (Å²) in [6, 6.07) is 44.5. The Kier molecular flexibility index (Phi) is 4.33. The van der Waals surface area contributed by atoms with Crippen LogP contribution in [0.3, 0.4) is 0 Å². The molecule has 0 radical (unpaired) electrons. The van der Waals surface area contributed by atoms with Crippen molar-refractivity contribution in [2.45, 2.75) is 36.5 Å². The van der Waals surface area contributed by atoms with Crippen molar-refractivity contribution in [1.29, 1.82) is 0 Å². The minimum Gasteiger partial charge on any atom is -0.298 e. The molecule has 1 nitrogen and oxygen atoms in total. The predicted octanol–water partition coefficient (Wildman–Crippen LogP) is 9.05. The van der Waals surface area contributed by atoms with E-state index in [0.717, 1.165) is 0 Å². The van der Waals surface area contributed by atoms with E-state index in [9.17, 15) is 4.79 Å². The first-order valence-electron chi connectivity index (χ1n) is 15.2. The standard InChI is InChI=1S/C41H28O/c1-22-20-29-31(23-12-4-2-5-13-23)34-25-16-8-10-18-27(25)36-39(34)38-33(29)30(21-22)32(24-14-6-3-7-15-24)35-26-17-9-11-19-28(26)37(40(35)38)41(36)42/h2-21,31-32,36-38H,1H3. The third kappa shape index (κ3) is 2.64. The number of carbonyl (C=O) groups excluding carboxylic acids is 1. The Morgan fingerprint density at radius 3 is 1.36 bits per heavy atom. The van der Waals surface area contributed by atoms with Gasteiger partial charge in [-0.05, 0) is 79.3 Å². The Hall–Kier alpha value is -4.75. The first-order chi connectivity index (χ1) is 20.7. The fraction of sp³-hybridized carbons (Fsp3) is 0.146. The molecule has 0 bridgehead atoms. The lowest BCUT2D eigenvalue weighted by Crippen LogP contribution is -2.36. The Morgan fingerprint density at radius 2 is 0.881 bits per heavy atom. The molecule has 0 saturated heterocycles. The molecular formula is C41H28O. The molecule has 0 amide bonds. The van der Waals surface area contributed by atoms with Gasteiger partial charge in [0.15, 0.2) is 5.78 Å². The van der Waals surface area contributed by atoms with Gasteiger partial charge in [0, 0.05) is 17.8 Å². The van der Waals surface area contributed by atoms with Crippen LogP contribution in [-0.4, -0.2) is 5.78 Å². The topological polar surface area (TPSA) is 17.1 Å². The summed E-state index contributed by atoms with van der Waals surface area (Å²) in [5.74, 6) is 0.313. The third-order valence-corrected chi connectivity index (χ3v) is 10.7. The number of Topliss-reactive ketones (excluding diaryl/α,β-unsaturated/α-hetero) is 1. The highest BCUT2D eigenvalue weighted by Crippen LogP contribution is 2.71. The number of ketones is 1. The zero-order chi connectivity index (χ0) is 27.7. The highest BCUT2D eigenvalue weighted by atomic mass is 16.1. The van der Waals surface area contributed by atoms with E-state index in [0.29, 0.717) is 5.78 Å². The lowest BCUT2D eigenvalue weighted by molar-refractivity contribution is -0.121. The fourth-order valence-corrected chi connectivity index (χ4v) is 9.45. The van der Waals surface area contributed by atoms with Gasteiger partial charge in [-0.2, -0.15) is 0 Å². The second-order valence-corrected chi connectivity index (χ2v) is 12.7. The molecular weight excluding hydrogens is 508 g/mol. The van der Waals surface area contributed by atoms with Crippen molar-refractivity contribution in [3.63, 3.8) is 0 Å². The van der Waals surface area contributed by atoms with Crippen LogP contribution in [-0.2, 0) is 4.79 Å². The molecule has 5 aliphatic carbocycles. The van der Waals surface area contributed by atoms with Crippen LogP contribution in [0.1, 0.15) is 85.2 Å². The van der Waals surface area contributed by atoms with Crippen LogP contribution in [0, 0.1) is 6.92 Å². The van der Waals surface area contributed by atoms with E-state index in [1.165, 1.54) is 77.9 Å². The Labute approximate surface area is 245 Å². The van der Waals surface area contributed by atoms with E-state index in [1.54, 1.807) is 0 Å². The van der Waals surface area contributed by atoms with Crippen LogP contribution < -0.4 is 0 Å². The predicted molar refractivity (Wildman–Crippen MR) is 168 cm³/mol. The molecule has 0 N–H and O–H groups in total. The largest absolute Gasteiger partial charge is 0.298 e. The second kappa shape index (κ2) is 7.95. The summed E-state index contributed by atoms with van der Waals surface area (Å²) < 4.78 is 0. The molecule has 5 aliphatic rings. The zero-order valence-electron chi connectivity index (χ0n) is 23.3. The lowest BCUT2D eigenvalue weighted by Gasteiger charge is -2.47. The molecule has 5 aromatic carbocycles. The normalized spacial score (nSPS) is 25.4. The van der Waals surface area contributed by atoms with Gasteiger partial charge in [0.2, 0.25) is 0 Å². The van der Waals surface area contributed by atoms with Gasteiger partial charge in [-0.15, -0.1) is 0 Å². The third-order valence-electron chi connectivity index (χ3n) is 10.7. The maximum Gasteiger partial charge on any atom is 0.156 e. The van der Waals surface area contributed by atoms with Crippen molar-refractivity contribution in [2.24, 2.45) is 0 Å². The minimum atomic E-state index is -0.191. The highest BCUT2D eigenvalue weighted by molar-refractivity contribution is 6.12. The van der Waals surface area contributed by atoms with Crippen LogP contribution in [0.4, 0.5) is 0 Å². The average molecular weight is 537 g/mol. The van der Waals surface area contributed by atoms with Gasteiger partial charge in [0.25, 0.3) is 0 Å². The molecule has 10 rings (SSSR count). The molecule has 5 aromatic rings. The summed E-state index contributed by atoms with van der Waals surface area (Å²) in [6.45, 7) is 2.26. The van der Waals surface area contributed by atoms with Crippen LogP contribution in [0.25, 0.3) is 11.1 Å². The Bertz CT molecular complexity index is 1930. The summed E-state index contributed by atoms with van der Waals surface area (Å²) in [5, 5.41) is 0. The van der Waals surface area contributed by atoms with Crippen LogP contribution in [0.5, 0.6) is 0 Å². The summed E-state index contributed by atoms with van der Waals surface area (Å²) in [4.78, 5) is 15.0. The van der Waals surface area contributed by atoms with Crippen molar-refractivity contribution in [3.05, 3.63) is 188 Å². The first-order valence-corrected chi connectivity index (χ1v) is 15.2. The molecule has 198 valence electrons. The number of benzene rings is 5. The maximum absolute atomic E-state index is 15.0. The second-order valence-electron chi connectivity index (χ2n) is 12.7. The quantitative estimate of drug-likeness (QED) is 0.220. The van der Waals surface area contributed by atoms with E-state index < -0.39 is 0 Å². The Morgan fingerprint density at radius 1 is 0.452 bits per heavy atom. The van der Waals surface area contributed by atoms with Gasteiger partial charge in [-0.1, -0.05) is 127 Å². The molecule has 1 heteroatoms. The molecule has 1 saturated carbocycles. The molecule has 0 aliphatic heterocycles. The highest BCUT2D eigenvalue weighted by Gasteiger charge is 2.59. The van der Waals surface area contributed by atoms with Crippen LogP contribution in [0.15, 0.2) is 132 Å². The summed E-state index contributed by atoms with van der Waals surface area (Å²) in [7, 11) is 0. The van der Waals surface area contributed by atoms with E-state index in [2.05, 4.69) is 128 Å². The van der Waals surface area contributed by atoms with Crippen molar-refractivity contribution in [1.82, 2.24) is 0 Å². The fourth-order valence-electron chi connectivity index (χ4n) is 9.45. The van der Waals surface area contributed by atoms with E-state index in [4.69, 9.17) is 0 Å². The van der Waals surface area contributed by atoms with Crippen molar-refractivity contribution < 1.29 is 4.79 Å². The zero-order valence-corrected chi connectivity index (χ0v) is 23.3. The number of aryl methyl sites for hydroxylation is 1. The van der Waals surface area contributed by atoms with Crippen LogP contribution in [0.2, 0.25) is 0 Å². The van der Waals surface area contributed by atoms with Crippen molar-refractivity contribution >= 4 is 16.9 Å². The number of hydrogen-bond donors (Lipinski definition) is 0.